The molecular formula is C12H24N2O3S. The minimum atomic E-state index is -2.70. The summed E-state index contributed by atoms with van der Waals surface area (Å²) in [5.74, 6) is 0. The number of hydrogen-bond acceptors (Lipinski definition) is 4. The molecule has 1 amide bonds. The van der Waals surface area contributed by atoms with E-state index in [-0.39, 0.29) is 11.3 Å². The lowest BCUT2D eigenvalue weighted by molar-refractivity contribution is 0.0139. The quantitative estimate of drug-likeness (QED) is 0.799. The highest BCUT2D eigenvalue weighted by atomic mass is 32.2. The summed E-state index contributed by atoms with van der Waals surface area (Å²) in [4.78, 5) is 13.2. The zero-order valence-corrected chi connectivity index (χ0v) is 12.9. The molecule has 5 nitrogen and oxygen atoms in total. The Morgan fingerprint density at radius 1 is 1.22 bits per heavy atom. The molecule has 0 saturated carbocycles. The number of amides is 1. The third-order valence-corrected chi connectivity index (χ3v) is 5.94. The van der Waals surface area contributed by atoms with Crippen molar-refractivity contribution in [2.75, 3.05) is 13.1 Å². The molecule has 6 heteroatoms. The number of hydrogen-bond donors (Lipinski definition) is 1. The highest BCUT2D eigenvalue weighted by Crippen LogP contribution is 2.28. The monoisotopic (exact) mass is 276 g/mol. The van der Waals surface area contributed by atoms with Gasteiger partial charge in [0, 0.05) is 17.8 Å². The third kappa shape index (κ3) is 3.16. The van der Waals surface area contributed by atoms with Crippen molar-refractivity contribution in [3.63, 3.8) is 0 Å². The average molecular weight is 276 g/mol. The minimum Gasteiger partial charge on any atom is -0.444 e. The van der Waals surface area contributed by atoms with Crippen molar-refractivity contribution < 1.29 is 13.7 Å². The molecule has 0 aromatic rings. The van der Waals surface area contributed by atoms with Gasteiger partial charge in [-0.2, -0.15) is 0 Å². The smallest absolute Gasteiger partial charge is 0.410 e. The summed E-state index contributed by atoms with van der Waals surface area (Å²) in [5.41, 5.74) is -0.519. The maximum absolute atomic E-state index is 12.3. The molecule has 1 atom stereocenters. The van der Waals surface area contributed by atoms with Crippen LogP contribution in [0.1, 0.15) is 41.5 Å². The van der Waals surface area contributed by atoms with Gasteiger partial charge in [0.15, 0.2) is 0 Å². The topological polar surface area (TPSA) is 70.5 Å². The van der Waals surface area contributed by atoms with Crippen molar-refractivity contribution in [3.05, 3.63) is 0 Å². The highest BCUT2D eigenvalue weighted by Gasteiger charge is 2.43. The van der Waals surface area contributed by atoms with Crippen molar-refractivity contribution in [1.29, 1.82) is 4.78 Å². The lowest BCUT2D eigenvalue weighted by Gasteiger charge is -2.43. The lowest BCUT2D eigenvalue weighted by atomic mass is 10.2. The summed E-state index contributed by atoms with van der Waals surface area (Å²) in [6.45, 7) is 11.6. The fraction of sp³-hybridized carbons (Fsp3) is 0.917. The molecule has 0 spiro atoms. The number of carbonyl (C=O) groups excluding carboxylic acids is 1. The first-order chi connectivity index (χ1) is 7.84. The summed E-state index contributed by atoms with van der Waals surface area (Å²) in [5, 5.41) is -0.245. The summed E-state index contributed by atoms with van der Waals surface area (Å²) < 4.78 is 25.0. The second-order valence-corrected chi connectivity index (χ2v) is 9.81. The number of likely N-dealkylation sites (tertiary alicyclic amines) is 1. The van der Waals surface area contributed by atoms with Crippen LogP contribution in [0.5, 0.6) is 0 Å². The first-order valence-electron chi connectivity index (χ1n) is 6.10. The van der Waals surface area contributed by atoms with Crippen molar-refractivity contribution in [1.82, 2.24) is 4.90 Å². The molecule has 1 aliphatic heterocycles. The summed E-state index contributed by atoms with van der Waals surface area (Å²) in [6, 6.07) is 0. The van der Waals surface area contributed by atoms with Crippen LogP contribution in [0, 0.1) is 4.78 Å². The Kier molecular flexibility index (Phi) is 3.74. The van der Waals surface area contributed by atoms with Gasteiger partial charge in [-0.1, -0.05) is 0 Å². The van der Waals surface area contributed by atoms with Crippen molar-refractivity contribution >= 4 is 15.8 Å². The Hall–Kier alpha value is -0.780. The van der Waals surface area contributed by atoms with Gasteiger partial charge >= 0.3 is 6.09 Å². The van der Waals surface area contributed by atoms with Crippen LogP contribution in [-0.4, -0.2) is 43.9 Å². The van der Waals surface area contributed by atoms with Crippen LogP contribution in [0.3, 0.4) is 0 Å². The van der Waals surface area contributed by atoms with Crippen molar-refractivity contribution in [2.24, 2.45) is 0 Å². The van der Waals surface area contributed by atoms with E-state index in [1.54, 1.807) is 20.8 Å². The summed E-state index contributed by atoms with van der Waals surface area (Å²) >= 11 is 0. The van der Waals surface area contributed by atoms with Gasteiger partial charge < -0.3 is 9.64 Å². The molecule has 0 radical (unpaired) electrons. The Balaban J connectivity index is 2.58. The molecular weight excluding hydrogens is 252 g/mol. The average Bonchev–Trinajstić information content (AvgIpc) is 1.92. The molecule has 0 aromatic carbocycles. The summed E-state index contributed by atoms with van der Waals surface area (Å²) in [7, 11) is -2.70. The van der Waals surface area contributed by atoms with E-state index >= 15 is 0 Å². The molecule has 1 aliphatic rings. The fourth-order valence-electron chi connectivity index (χ4n) is 1.62. The molecule has 1 N–H and O–H groups in total. The number of nitrogens with one attached hydrogen (secondary N) is 1. The summed E-state index contributed by atoms with van der Waals surface area (Å²) in [6.07, 6.45) is -0.386. The van der Waals surface area contributed by atoms with E-state index in [0.29, 0.717) is 13.1 Å². The number of rotatable bonds is 1. The van der Waals surface area contributed by atoms with Crippen LogP contribution in [0.4, 0.5) is 4.79 Å². The SMILES string of the molecule is CC(C)(C)OC(=O)N1CC(S(=N)(=O)C(C)(C)C)C1. The van der Waals surface area contributed by atoms with E-state index in [2.05, 4.69) is 0 Å². The number of carbonyl (C=O) groups is 1. The molecule has 106 valence electrons. The van der Waals surface area contributed by atoms with E-state index in [1.165, 1.54) is 4.90 Å². The lowest BCUT2D eigenvalue weighted by Crippen LogP contribution is -2.60. The maximum Gasteiger partial charge on any atom is 0.410 e. The standard InChI is InChI=1S/C12H24N2O3S/c1-11(2,3)17-10(15)14-7-9(8-14)18(13,16)12(4,5)6/h9,13H,7-8H2,1-6H3. The van der Waals surface area contributed by atoms with Gasteiger partial charge in [-0.05, 0) is 41.5 Å². The van der Waals surface area contributed by atoms with Gasteiger partial charge in [0.25, 0.3) is 0 Å². The fourth-order valence-corrected chi connectivity index (χ4v) is 3.40. The number of ether oxygens (including phenoxy) is 1. The van der Waals surface area contributed by atoms with Gasteiger partial charge in [0.1, 0.15) is 5.60 Å². The Morgan fingerprint density at radius 3 is 2.00 bits per heavy atom. The minimum absolute atomic E-state index is 0.245. The van der Waals surface area contributed by atoms with Crippen molar-refractivity contribution in [2.45, 2.75) is 57.1 Å². The van der Waals surface area contributed by atoms with E-state index in [0.717, 1.165) is 0 Å². The van der Waals surface area contributed by atoms with Crippen LogP contribution in [0.15, 0.2) is 0 Å². The predicted octanol–water partition coefficient (Wildman–Crippen LogP) is 2.45. The third-order valence-electron chi connectivity index (χ3n) is 2.88. The molecule has 1 saturated heterocycles. The molecule has 1 heterocycles. The van der Waals surface area contributed by atoms with Gasteiger partial charge in [0.05, 0.1) is 15.0 Å². The zero-order chi connectivity index (χ0) is 14.4. The number of nitrogens with zero attached hydrogens (tertiary/aromatic N) is 1. The molecule has 0 aliphatic carbocycles. The molecule has 18 heavy (non-hydrogen) atoms. The normalized spacial score (nSPS) is 21.1. The van der Waals surface area contributed by atoms with Gasteiger partial charge in [-0.15, -0.1) is 0 Å². The Morgan fingerprint density at radius 2 is 1.67 bits per heavy atom. The largest absolute Gasteiger partial charge is 0.444 e. The molecule has 1 unspecified atom stereocenters. The highest BCUT2D eigenvalue weighted by molar-refractivity contribution is 7.94. The van der Waals surface area contributed by atoms with Crippen LogP contribution in [0.2, 0.25) is 0 Å². The molecule has 0 bridgehead atoms. The van der Waals surface area contributed by atoms with E-state index in [1.807, 2.05) is 20.8 Å². The Labute approximate surface area is 110 Å². The van der Waals surface area contributed by atoms with Gasteiger partial charge in [0.2, 0.25) is 0 Å². The van der Waals surface area contributed by atoms with Crippen LogP contribution in [0.25, 0.3) is 0 Å². The van der Waals surface area contributed by atoms with Crippen LogP contribution >= 0.6 is 0 Å². The van der Waals surface area contributed by atoms with Crippen molar-refractivity contribution in [3.8, 4) is 0 Å². The van der Waals surface area contributed by atoms with E-state index in [9.17, 15) is 9.00 Å². The zero-order valence-electron chi connectivity index (χ0n) is 12.1. The Bertz CT molecular complexity index is 423. The second-order valence-electron chi connectivity index (χ2n) is 6.72. The van der Waals surface area contributed by atoms with Crippen LogP contribution < -0.4 is 0 Å². The molecule has 0 aromatic heterocycles. The van der Waals surface area contributed by atoms with Crippen LogP contribution in [-0.2, 0) is 14.5 Å². The second kappa shape index (κ2) is 4.40. The van der Waals surface area contributed by atoms with Gasteiger partial charge in [-0.25, -0.2) is 9.00 Å². The molecule has 1 rings (SSSR count). The van der Waals surface area contributed by atoms with Gasteiger partial charge in [-0.3, -0.25) is 4.78 Å². The van der Waals surface area contributed by atoms with E-state index in [4.69, 9.17) is 9.52 Å². The first kappa shape index (κ1) is 15.3. The van der Waals surface area contributed by atoms with E-state index < -0.39 is 20.1 Å². The maximum atomic E-state index is 12.3. The molecule has 1 fully saturated rings. The first-order valence-corrected chi connectivity index (χ1v) is 7.72. The predicted molar refractivity (Wildman–Crippen MR) is 72.2 cm³/mol.